The fraction of sp³-hybridized carbons (Fsp3) is 0.214. The molecule has 16 heavy (non-hydrogen) atoms. The number of rotatable bonds is 3. The summed E-state index contributed by atoms with van der Waals surface area (Å²) in [5.41, 5.74) is 1.28. The van der Waals surface area contributed by atoms with E-state index in [2.05, 4.69) is 31.0 Å². The second kappa shape index (κ2) is 4.79. The highest BCUT2D eigenvalue weighted by Gasteiger charge is 2.01. The fourth-order valence-electron chi connectivity index (χ4n) is 1.48. The Hall–Kier alpha value is -1.83. The predicted molar refractivity (Wildman–Crippen MR) is 64.8 cm³/mol. The van der Waals surface area contributed by atoms with Crippen LogP contribution in [0.3, 0.4) is 0 Å². The highest BCUT2D eigenvalue weighted by Crippen LogP contribution is 2.24. The molecule has 1 aromatic heterocycles. The van der Waals surface area contributed by atoms with E-state index in [9.17, 15) is 0 Å². The van der Waals surface area contributed by atoms with Crippen molar-refractivity contribution in [3.63, 3.8) is 0 Å². The number of hydrogen-bond acceptors (Lipinski definition) is 2. The van der Waals surface area contributed by atoms with Crippen LogP contribution in [0.2, 0.25) is 0 Å². The zero-order valence-electron chi connectivity index (χ0n) is 9.55. The molecule has 2 aromatic rings. The molecule has 0 aliphatic heterocycles. The third-order valence-corrected chi connectivity index (χ3v) is 2.39. The van der Waals surface area contributed by atoms with E-state index in [4.69, 9.17) is 4.74 Å². The van der Waals surface area contributed by atoms with Gasteiger partial charge in [-0.25, -0.2) is 0 Å². The SMILES string of the molecule is CC(C)c1cccc(Oc2cccnc2)c1. The first-order valence-corrected chi connectivity index (χ1v) is 5.43. The monoisotopic (exact) mass is 213 g/mol. The van der Waals surface area contributed by atoms with E-state index in [0.717, 1.165) is 11.5 Å². The minimum absolute atomic E-state index is 0.512. The van der Waals surface area contributed by atoms with Crippen molar-refractivity contribution in [1.29, 1.82) is 0 Å². The molecule has 0 saturated carbocycles. The lowest BCUT2D eigenvalue weighted by Gasteiger charge is -2.09. The molecule has 2 rings (SSSR count). The van der Waals surface area contributed by atoms with Gasteiger partial charge in [-0.3, -0.25) is 4.98 Å². The highest BCUT2D eigenvalue weighted by molar-refractivity contribution is 5.33. The number of pyridine rings is 1. The molecule has 0 radical (unpaired) electrons. The van der Waals surface area contributed by atoms with Crippen LogP contribution in [0.25, 0.3) is 0 Å². The molecule has 0 unspecified atom stereocenters. The second-order valence-corrected chi connectivity index (χ2v) is 4.02. The van der Waals surface area contributed by atoms with Gasteiger partial charge in [0.15, 0.2) is 0 Å². The van der Waals surface area contributed by atoms with Crippen molar-refractivity contribution in [1.82, 2.24) is 4.98 Å². The van der Waals surface area contributed by atoms with E-state index in [0.29, 0.717) is 5.92 Å². The number of benzene rings is 1. The third kappa shape index (κ3) is 2.60. The third-order valence-electron chi connectivity index (χ3n) is 2.39. The Morgan fingerprint density at radius 2 is 1.88 bits per heavy atom. The minimum atomic E-state index is 0.512. The van der Waals surface area contributed by atoms with Crippen LogP contribution in [0, 0.1) is 0 Å². The maximum absolute atomic E-state index is 5.71. The van der Waals surface area contributed by atoms with Gasteiger partial charge in [0.2, 0.25) is 0 Å². The zero-order valence-corrected chi connectivity index (χ0v) is 9.55. The molecule has 0 saturated heterocycles. The van der Waals surface area contributed by atoms with E-state index in [1.54, 1.807) is 12.4 Å². The van der Waals surface area contributed by atoms with Gasteiger partial charge in [0.05, 0.1) is 6.20 Å². The zero-order chi connectivity index (χ0) is 11.4. The van der Waals surface area contributed by atoms with E-state index in [1.165, 1.54) is 5.56 Å². The molecule has 0 amide bonds. The number of nitrogens with zero attached hydrogens (tertiary/aromatic N) is 1. The Kier molecular flexibility index (Phi) is 3.20. The Morgan fingerprint density at radius 1 is 1.06 bits per heavy atom. The van der Waals surface area contributed by atoms with Crippen molar-refractivity contribution in [2.75, 3.05) is 0 Å². The lowest BCUT2D eigenvalue weighted by atomic mass is 10.0. The largest absolute Gasteiger partial charge is 0.456 e. The lowest BCUT2D eigenvalue weighted by Crippen LogP contribution is -1.89. The molecule has 0 atom stereocenters. The Bertz CT molecular complexity index is 451. The van der Waals surface area contributed by atoms with Crippen LogP contribution in [0.1, 0.15) is 25.3 Å². The number of ether oxygens (including phenoxy) is 1. The maximum atomic E-state index is 5.71. The predicted octanol–water partition coefficient (Wildman–Crippen LogP) is 4.00. The molecule has 1 heterocycles. The second-order valence-electron chi connectivity index (χ2n) is 4.02. The van der Waals surface area contributed by atoms with Gasteiger partial charge < -0.3 is 4.74 Å². The van der Waals surface area contributed by atoms with Crippen LogP contribution in [-0.4, -0.2) is 4.98 Å². The fourth-order valence-corrected chi connectivity index (χ4v) is 1.48. The maximum Gasteiger partial charge on any atom is 0.145 e. The molecule has 1 aromatic carbocycles. The Morgan fingerprint density at radius 3 is 2.56 bits per heavy atom. The van der Waals surface area contributed by atoms with E-state index < -0.39 is 0 Å². The molecule has 82 valence electrons. The van der Waals surface area contributed by atoms with Crippen molar-refractivity contribution in [2.24, 2.45) is 0 Å². The van der Waals surface area contributed by atoms with Crippen LogP contribution in [0.15, 0.2) is 48.8 Å². The van der Waals surface area contributed by atoms with Crippen molar-refractivity contribution in [3.05, 3.63) is 54.4 Å². The van der Waals surface area contributed by atoms with Gasteiger partial charge in [0, 0.05) is 6.20 Å². The van der Waals surface area contributed by atoms with Crippen LogP contribution in [0.5, 0.6) is 11.5 Å². The summed E-state index contributed by atoms with van der Waals surface area (Å²) in [7, 11) is 0. The van der Waals surface area contributed by atoms with Crippen molar-refractivity contribution in [3.8, 4) is 11.5 Å². The first-order chi connectivity index (χ1) is 7.75. The average molecular weight is 213 g/mol. The summed E-state index contributed by atoms with van der Waals surface area (Å²) in [6, 6.07) is 11.9. The van der Waals surface area contributed by atoms with Crippen LogP contribution in [0.4, 0.5) is 0 Å². The van der Waals surface area contributed by atoms with Gasteiger partial charge in [-0.05, 0) is 35.7 Å². The average Bonchev–Trinajstić information content (AvgIpc) is 2.30. The summed E-state index contributed by atoms with van der Waals surface area (Å²) in [5.74, 6) is 2.14. The summed E-state index contributed by atoms with van der Waals surface area (Å²) in [5, 5.41) is 0. The Labute approximate surface area is 95.9 Å². The quantitative estimate of drug-likeness (QED) is 0.768. The van der Waals surface area contributed by atoms with Gasteiger partial charge in [-0.2, -0.15) is 0 Å². The summed E-state index contributed by atoms with van der Waals surface area (Å²) in [4.78, 5) is 4.01. The van der Waals surface area contributed by atoms with Gasteiger partial charge in [0.25, 0.3) is 0 Å². The van der Waals surface area contributed by atoms with Gasteiger partial charge in [0.1, 0.15) is 11.5 Å². The number of aromatic nitrogens is 1. The molecule has 0 fully saturated rings. The topological polar surface area (TPSA) is 22.1 Å². The molecule has 0 aliphatic rings. The van der Waals surface area contributed by atoms with Crippen LogP contribution in [-0.2, 0) is 0 Å². The summed E-state index contributed by atoms with van der Waals surface area (Å²) in [6.45, 7) is 4.34. The molecule has 0 N–H and O–H groups in total. The van der Waals surface area contributed by atoms with Gasteiger partial charge in [-0.15, -0.1) is 0 Å². The molecule has 0 spiro atoms. The number of hydrogen-bond donors (Lipinski definition) is 0. The molecular weight excluding hydrogens is 198 g/mol. The first-order valence-electron chi connectivity index (χ1n) is 5.43. The first kappa shape index (κ1) is 10.7. The summed E-state index contributed by atoms with van der Waals surface area (Å²) in [6.07, 6.45) is 3.44. The smallest absolute Gasteiger partial charge is 0.145 e. The molecular formula is C14H15NO. The summed E-state index contributed by atoms with van der Waals surface area (Å²) >= 11 is 0. The lowest BCUT2D eigenvalue weighted by molar-refractivity contribution is 0.479. The molecule has 0 aliphatic carbocycles. The molecule has 2 heteroatoms. The van der Waals surface area contributed by atoms with E-state index in [1.807, 2.05) is 24.3 Å². The minimum Gasteiger partial charge on any atom is -0.456 e. The van der Waals surface area contributed by atoms with Crippen LogP contribution >= 0.6 is 0 Å². The summed E-state index contributed by atoms with van der Waals surface area (Å²) < 4.78 is 5.71. The van der Waals surface area contributed by atoms with Crippen molar-refractivity contribution >= 4 is 0 Å². The normalized spacial score (nSPS) is 10.4. The molecule has 0 bridgehead atoms. The van der Waals surface area contributed by atoms with E-state index >= 15 is 0 Å². The molecule has 2 nitrogen and oxygen atoms in total. The van der Waals surface area contributed by atoms with Crippen molar-refractivity contribution in [2.45, 2.75) is 19.8 Å². The Balaban J connectivity index is 2.19. The van der Waals surface area contributed by atoms with Gasteiger partial charge >= 0.3 is 0 Å². The van der Waals surface area contributed by atoms with Crippen LogP contribution < -0.4 is 4.74 Å². The van der Waals surface area contributed by atoms with Crippen molar-refractivity contribution < 1.29 is 4.74 Å². The highest BCUT2D eigenvalue weighted by atomic mass is 16.5. The van der Waals surface area contributed by atoms with E-state index in [-0.39, 0.29) is 0 Å². The van der Waals surface area contributed by atoms with Gasteiger partial charge in [-0.1, -0.05) is 26.0 Å². The standard InChI is InChI=1S/C14H15NO/c1-11(2)12-5-3-6-13(9-12)16-14-7-4-8-15-10-14/h3-11H,1-2H3.